The normalized spacial score (nSPS) is 11.0. The molecule has 0 radical (unpaired) electrons. The van der Waals surface area contributed by atoms with Crippen molar-refractivity contribution in [1.82, 2.24) is 9.55 Å². The summed E-state index contributed by atoms with van der Waals surface area (Å²) in [5.41, 5.74) is 4.85. The Kier molecular flexibility index (Phi) is 3.01. The number of para-hydroxylation sites is 1. The minimum absolute atomic E-state index is 0.950. The van der Waals surface area contributed by atoms with Crippen LogP contribution in [0.4, 0.5) is 0 Å². The number of hydrogen-bond acceptors (Lipinski definition) is 1. The Morgan fingerprint density at radius 3 is 2.41 bits per heavy atom. The van der Waals surface area contributed by atoms with Crippen molar-refractivity contribution in [2.45, 2.75) is 6.92 Å². The summed E-state index contributed by atoms with van der Waals surface area (Å²) in [7, 11) is 0. The molecule has 0 aliphatic rings. The number of aryl methyl sites for hydroxylation is 1. The van der Waals surface area contributed by atoms with Gasteiger partial charge in [0.1, 0.15) is 5.82 Å². The lowest BCUT2D eigenvalue weighted by atomic mass is 10.1. The molecule has 4 rings (SSSR count). The molecule has 0 saturated heterocycles. The van der Waals surface area contributed by atoms with E-state index in [1.807, 2.05) is 24.4 Å². The maximum atomic E-state index is 4.56. The molecule has 4 aromatic rings. The van der Waals surface area contributed by atoms with Gasteiger partial charge in [-0.1, -0.05) is 54.6 Å². The van der Waals surface area contributed by atoms with E-state index in [1.54, 1.807) is 0 Å². The van der Waals surface area contributed by atoms with Crippen LogP contribution in [0.2, 0.25) is 0 Å². The highest BCUT2D eigenvalue weighted by atomic mass is 15.1. The van der Waals surface area contributed by atoms with Gasteiger partial charge in [0.2, 0.25) is 0 Å². The molecule has 0 bridgehead atoms. The van der Waals surface area contributed by atoms with Crippen molar-refractivity contribution in [1.29, 1.82) is 0 Å². The Bertz CT molecular complexity index is 922. The molecule has 22 heavy (non-hydrogen) atoms. The summed E-state index contributed by atoms with van der Waals surface area (Å²) in [6, 6.07) is 25.2. The van der Waals surface area contributed by atoms with Gasteiger partial charge < -0.3 is 0 Å². The lowest BCUT2D eigenvalue weighted by molar-refractivity contribution is 1.04. The van der Waals surface area contributed by atoms with Crippen molar-refractivity contribution in [3.05, 3.63) is 84.6 Å². The third-order valence-corrected chi connectivity index (χ3v) is 3.97. The van der Waals surface area contributed by atoms with E-state index >= 15 is 0 Å². The van der Waals surface area contributed by atoms with Crippen molar-refractivity contribution in [3.8, 4) is 17.1 Å². The van der Waals surface area contributed by atoms with Gasteiger partial charge in [-0.15, -0.1) is 0 Å². The van der Waals surface area contributed by atoms with E-state index in [0.717, 1.165) is 5.82 Å². The molecule has 2 heterocycles. The maximum Gasteiger partial charge on any atom is 0.137 e. The molecule has 0 saturated carbocycles. The van der Waals surface area contributed by atoms with Gasteiger partial charge in [0.15, 0.2) is 0 Å². The molecule has 2 nitrogen and oxygen atoms in total. The first-order valence-electron chi connectivity index (χ1n) is 7.42. The molecule has 2 heteroatoms. The van der Waals surface area contributed by atoms with Crippen LogP contribution < -0.4 is 0 Å². The maximum absolute atomic E-state index is 4.56. The third-order valence-electron chi connectivity index (χ3n) is 3.97. The van der Waals surface area contributed by atoms with Crippen LogP contribution in [0.5, 0.6) is 0 Å². The van der Waals surface area contributed by atoms with Gasteiger partial charge in [0.25, 0.3) is 0 Å². The number of rotatable bonds is 2. The van der Waals surface area contributed by atoms with Crippen LogP contribution in [0.15, 0.2) is 79.0 Å². The molecule has 2 aromatic carbocycles. The molecule has 2 aromatic heterocycles. The highest BCUT2D eigenvalue weighted by Gasteiger charge is 2.14. The van der Waals surface area contributed by atoms with Crippen LogP contribution >= 0.6 is 0 Å². The molecule has 0 aliphatic heterocycles. The van der Waals surface area contributed by atoms with Gasteiger partial charge in [-0.05, 0) is 36.2 Å². The first-order chi connectivity index (χ1) is 10.8. The minimum atomic E-state index is 0.950. The van der Waals surface area contributed by atoms with Crippen LogP contribution in [-0.2, 0) is 0 Å². The summed E-state index contributed by atoms with van der Waals surface area (Å²) in [4.78, 5) is 4.56. The predicted octanol–water partition coefficient (Wildman–Crippen LogP) is 5.00. The molecular formula is C20H16N2. The lowest BCUT2D eigenvalue weighted by Gasteiger charge is -2.11. The average Bonchev–Trinajstić information content (AvgIpc) is 2.97. The van der Waals surface area contributed by atoms with Gasteiger partial charge in [-0.25, -0.2) is 4.98 Å². The summed E-state index contributed by atoms with van der Waals surface area (Å²) in [5.74, 6) is 0.950. The molecule has 0 unspecified atom stereocenters. The van der Waals surface area contributed by atoms with Crippen molar-refractivity contribution in [3.63, 3.8) is 0 Å². The van der Waals surface area contributed by atoms with Crippen LogP contribution in [-0.4, -0.2) is 9.55 Å². The number of hydrogen-bond donors (Lipinski definition) is 0. The molecule has 0 N–H and O–H groups in total. The summed E-state index contributed by atoms with van der Waals surface area (Å²) >= 11 is 0. The number of fused-ring (bicyclic) bond motifs is 1. The Hall–Kier alpha value is -2.87. The summed E-state index contributed by atoms with van der Waals surface area (Å²) in [6.45, 7) is 2.15. The molecule has 106 valence electrons. The zero-order valence-corrected chi connectivity index (χ0v) is 12.4. The molecule has 0 aliphatic carbocycles. The number of nitrogens with zero attached hydrogens (tertiary/aromatic N) is 2. The fraction of sp³-hybridized carbons (Fsp3) is 0.0500. The van der Waals surface area contributed by atoms with E-state index in [-0.39, 0.29) is 0 Å². The Balaban J connectivity index is 2.11. The SMILES string of the molecule is Cc1cccc2cc(-c3ccccc3)n(-c3ccccn3)c12. The van der Waals surface area contributed by atoms with Crippen molar-refractivity contribution < 1.29 is 0 Å². The van der Waals surface area contributed by atoms with Crippen LogP contribution in [0.25, 0.3) is 28.0 Å². The van der Waals surface area contributed by atoms with Crippen LogP contribution in [0.1, 0.15) is 5.56 Å². The second-order valence-electron chi connectivity index (χ2n) is 5.43. The van der Waals surface area contributed by atoms with Gasteiger partial charge in [-0.3, -0.25) is 4.57 Å². The Morgan fingerprint density at radius 1 is 0.818 bits per heavy atom. The van der Waals surface area contributed by atoms with E-state index in [4.69, 9.17) is 0 Å². The number of benzene rings is 2. The standard InChI is InChI=1S/C20H16N2/c1-15-8-7-11-17-14-18(16-9-3-2-4-10-16)22(20(15)17)19-12-5-6-13-21-19/h2-14H,1H3. The average molecular weight is 284 g/mol. The molecule has 0 spiro atoms. The van der Waals surface area contributed by atoms with Crippen LogP contribution in [0, 0.1) is 6.92 Å². The van der Waals surface area contributed by atoms with Gasteiger partial charge in [0.05, 0.1) is 11.2 Å². The lowest BCUT2D eigenvalue weighted by Crippen LogP contribution is -2.00. The Morgan fingerprint density at radius 2 is 1.64 bits per heavy atom. The second-order valence-corrected chi connectivity index (χ2v) is 5.43. The highest BCUT2D eigenvalue weighted by Crippen LogP contribution is 2.32. The van der Waals surface area contributed by atoms with E-state index in [0.29, 0.717) is 0 Å². The zero-order valence-electron chi connectivity index (χ0n) is 12.4. The van der Waals surface area contributed by atoms with Gasteiger partial charge in [-0.2, -0.15) is 0 Å². The van der Waals surface area contributed by atoms with Crippen molar-refractivity contribution in [2.24, 2.45) is 0 Å². The minimum Gasteiger partial charge on any atom is -0.294 e. The topological polar surface area (TPSA) is 17.8 Å². The first kappa shape index (κ1) is 12.8. The van der Waals surface area contributed by atoms with E-state index in [9.17, 15) is 0 Å². The number of aromatic nitrogens is 2. The second kappa shape index (κ2) is 5.15. The highest BCUT2D eigenvalue weighted by molar-refractivity contribution is 5.91. The fourth-order valence-electron chi connectivity index (χ4n) is 2.98. The van der Waals surface area contributed by atoms with Crippen molar-refractivity contribution in [2.75, 3.05) is 0 Å². The van der Waals surface area contributed by atoms with Crippen molar-refractivity contribution >= 4 is 10.9 Å². The fourth-order valence-corrected chi connectivity index (χ4v) is 2.98. The zero-order chi connectivity index (χ0) is 14.9. The predicted molar refractivity (Wildman–Crippen MR) is 91.2 cm³/mol. The third kappa shape index (κ3) is 2.01. The van der Waals surface area contributed by atoms with E-state index in [2.05, 4.69) is 71.1 Å². The number of pyridine rings is 1. The summed E-state index contributed by atoms with van der Waals surface area (Å²) in [6.07, 6.45) is 1.84. The van der Waals surface area contributed by atoms with E-state index in [1.165, 1.54) is 27.7 Å². The monoisotopic (exact) mass is 284 g/mol. The van der Waals surface area contributed by atoms with Crippen LogP contribution in [0.3, 0.4) is 0 Å². The Labute approximate surface area is 129 Å². The molecule has 0 fully saturated rings. The largest absolute Gasteiger partial charge is 0.294 e. The quantitative estimate of drug-likeness (QED) is 0.506. The smallest absolute Gasteiger partial charge is 0.137 e. The van der Waals surface area contributed by atoms with E-state index < -0.39 is 0 Å². The molecular weight excluding hydrogens is 268 g/mol. The van der Waals surface area contributed by atoms with Gasteiger partial charge in [0, 0.05) is 11.6 Å². The summed E-state index contributed by atoms with van der Waals surface area (Å²) < 4.78 is 2.25. The van der Waals surface area contributed by atoms with Gasteiger partial charge >= 0.3 is 0 Å². The molecule has 0 atom stereocenters. The first-order valence-corrected chi connectivity index (χ1v) is 7.42. The summed E-state index contributed by atoms with van der Waals surface area (Å²) in [5, 5.41) is 1.24. The molecule has 0 amide bonds.